The highest BCUT2D eigenvalue weighted by molar-refractivity contribution is 5.85. The number of carbonyl (C=O) groups excluding carboxylic acids is 1. The van der Waals surface area contributed by atoms with Crippen LogP contribution in [0.25, 0.3) is 0 Å². The molecule has 0 aromatic rings. The number of hydrogen-bond donors (Lipinski definition) is 1. The lowest BCUT2D eigenvalue weighted by atomic mass is 9.94. The lowest BCUT2D eigenvalue weighted by Crippen LogP contribution is -2.41. The Bertz CT molecular complexity index is 376. The van der Waals surface area contributed by atoms with Crippen LogP contribution in [0, 0.1) is 23.7 Å². The van der Waals surface area contributed by atoms with Crippen molar-refractivity contribution < 1.29 is 14.7 Å². The Morgan fingerprint density at radius 1 is 1.20 bits per heavy atom. The molecule has 2 aliphatic rings. The standard InChI is InChI=1S/C16H27NO3/c1-10(2)6-7-17(12-4-5-12)15(18)13-8-11(3)9-14(13)16(19)20/h10-14H,4-9H2,1-3H3,(H,19,20)/t11?,13-,14+/m0/s1. The lowest BCUT2D eigenvalue weighted by molar-refractivity contribution is -0.149. The first-order chi connectivity index (χ1) is 9.40. The smallest absolute Gasteiger partial charge is 0.307 e. The molecule has 1 unspecified atom stereocenters. The molecular formula is C16H27NO3. The highest BCUT2D eigenvalue weighted by atomic mass is 16.4. The van der Waals surface area contributed by atoms with Crippen molar-refractivity contribution in [3.8, 4) is 0 Å². The fraction of sp³-hybridized carbons (Fsp3) is 0.875. The second kappa shape index (κ2) is 6.15. The Morgan fingerprint density at radius 3 is 2.30 bits per heavy atom. The highest BCUT2D eigenvalue weighted by Crippen LogP contribution is 2.39. The quantitative estimate of drug-likeness (QED) is 0.814. The summed E-state index contributed by atoms with van der Waals surface area (Å²) in [5.74, 6) is -0.553. The van der Waals surface area contributed by atoms with Crippen molar-refractivity contribution in [1.29, 1.82) is 0 Å². The third-order valence-electron chi connectivity index (χ3n) is 4.65. The molecule has 0 bridgehead atoms. The van der Waals surface area contributed by atoms with Crippen LogP contribution in [0.5, 0.6) is 0 Å². The summed E-state index contributed by atoms with van der Waals surface area (Å²) >= 11 is 0. The van der Waals surface area contributed by atoms with Gasteiger partial charge in [0.25, 0.3) is 0 Å². The topological polar surface area (TPSA) is 57.6 Å². The lowest BCUT2D eigenvalue weighted by Gasteiger charge is -2.28. The van der Waals surface area contributed by atoms with Crippen LogP contribution in [0.1, 0.15) is 52.9 Å². The largest absolute Gasteiger partial charge is 0.481 e. The summed E-state index contributed by atoms with van der Waals surface area (Å²) in [6.45, 7) is 7.16. The minimum atomic E-state index is -0.799. The monoisotopic (exact) mass is 281 g/mol. The van der Waals surface area contributed by atoms with Crippen LogP contribution in [-0.2, 0) is 9.59 Å². The van der Waals surface area contributed by atoms with E-state index in [9.17, 15) is 14.7 Å². The van der Waals surface area contributed by atoms with Crippen molar-refractivity contribution in [2.24, 2.45) is 23.7 Å². The van der Waals surface area contributed by atoms with Gasteiger partial charge in [-0.25, -0.2) is 0 Å². The molecule has 114 valence electrons. The summed E-state index contributed by atoms with van der Waals surface area (Å²) in [6, 6.07) is 0.381. The number of nitrogens with zero attached hydrogens (tertiary/aromatic N) is 1. The van der Waals surface area contributed by atoms with Gasteiger partial charge in [0.15, 0.2) is 0 Å². The molecule has 0 radical (unpaired) electrons. The van der Waals surface area contributed by atoms with Gasteiger partial charge in [-0.2, -0.15) is 0 Å². The molecule has 2 rings (SSSR count). The van der Waals surface area contributed by atoms with Crippen molar-refractivity contribution in [3.05, 3.63) is 0 Å². The molecule has 3 atom stereocenters. The minimum Gasteiger partial charge on any atom is -0.481 e. The molecule has 1 N–H and O–H groups in total. The Labute approximate surface area is 121 Å². The maximum absolute atomic E-state index is 12.8. The zero-order valence-corrected chi connectivity index (χ0v) is 12.8. The molecule has 4 heteroatoms. The first-order valence-corrected chi connectivity index (χ1v) is 7.93. The molecule has 2 saturated carbocycles. The molecule has 20 heavy (non-hydrogen) atoms. The molecule has 0 heterocycles. The number of rotatable bonds is 6. The van der Waals surface area contributed by atoms with Gasteiger partial charge in [-0.05, 0) is 43.9 Å². The van der Waals surface area contributed by atoms with E-state index in [1.807, 2.05) is 4.90 Å². The third-order valence-corrected chi connectivity index (χ3v) is 4.65. The van der Waals surface area contributed by atoms with E-state index >= 15 is 0 Å². The van der Waals surface area contributed by atoms with Crippen molar-refractivity contribution in [3.63, 3.8) is 0 Å². The van der Waals surface area contributed by atoms with Crippen LogP contribution in [0.15, 0.2) is 0 Å². The number of hydrogen-bond acceptors (Lipinski definition) is 2. The average Bonchev–Trinajstić information content (AvgIpc) is 3.10. The number of carbonyl (C=O) groups is 2. The molecule has 1 amide bonds. The molecule has 4 nitrogen and oxygen atoms in total. The van der Waals surface area contributed by atoms with Crippen LogP contribution in [0.2, 0.25) is 0 Å². The Kier molecular flexibility index (Phi) is 4.71. The van der Waals surface area contributed by atoms with Crippen molar-refractivity contribution in [2.45, 2.75) is 58.9 Å². The summed E-state index contributed by atoms with van der Waals surface area (Å²) in [5.41, 5.74) is 0. The van der Waals surface area contributed by atoms with Crippen molar-refractivity contribution >= 4 is 11.9 Å². The SMILES string of the molecule is CC(C)CCN(C(=O)[C@H]1CC(C)C[C@H]1C(=O)O)C1CC1. The van der Waals surface area contributed by atoms with Gasteiger partial charge in [-0.3, -0.25) is 9.59 Å². The second-order valence-electron chi connectivity index (χ2n) is 7.07. The summed E-state index contributed by atoms with van der Waals surface area (Å²) < 4.78 is 0. The van der Waals surface area contributed by atoms with E-state index in [1.54, 1.807) is 0 Å². The van der Waals surface area contributed by atoms with E-state index in [2.05, 4.69) is 20.8 Å². The van der Waals surface area contributed by atoms with Crippen LogP contribution in [0.4, 0.5) is 0 Å². The maximum atomic E-state index is 12.8. The van der Waals surface area contributed by atoms with E-state index in [4.69, 9.17) is 0 Å². The van der Waals surface area contributed by atoms with Crippen LogP contribution < -0.4 is 0 Å². The molecule has 0 saturated heterocycles. The average molecular weight is 281 g/mol. The Morgan fingerprint density at radius 2 is 1.80 bits per heavy atom. The molecule has 0 aromatic carbocycles. The van der Waals surface area contributed by atoms with E-state index in [-0.39, 0.29) is 11.8 Å². The van der Waals surface area contributed by atoms with E-state index < -0.39 is 11.9 Å². The first-order valence-electron chi connectivity index (χ1n) is 7.93. The molecule has 2 aliphatic carbocycles. The summed E-state index contributed by atoms with van der Waals surface area (Å²) in [5, 5.41) is 9.33. The normalized spacial score (nSPS) is 29.7. The predicted octanol–water partition coefficient (Wildman–Crippen LogP) is 2.77. The number of carboxylic acid groups (broad SMARTS) is 1. The first kappa shape index (κ1) is 15.3. The van der Waals surface area contributed by atoms with Crippen LogP contribution in [-0.4, -0.2) is 34.5 Å². The fourth-order valence-electron chi connectivity index (χ4n) is 3.31. The number of carboxylic acids is 1. The van der Waals surface area contributed by atoms with Crippen molar-refractivity contribution in [2.75, 3.05) is 6.54 Å². The fourth-order valence-corrected chi connectivity index (χ4v) is 3.31. The minimum absolute atomic E-state index is 0.102. The van der Waals surface area contributed by atoms with E-state index in [0.717, 1.165) is 32.2 Å². The highest BCUT2D eigenvalue weighted by Gasteiger charge is 2.45. The van der Waals surface area contributed by atoms with Crippen LogP contribution >= 0.6 is 0 Å². The van der Waals surface area contributed by atoms with Gasteiger partial charge in [0, 0.05) is 12.6 Å². The number of amides is 1. The Balaban J connectivity index is 2.04. The summed E-state index contributed by atoms with van der Waals surface area (Å²) in [4.78, 5) is 26.1. The molecule has 0 aromatic heterocycles. The molecule has 0 spiro atoms. The predicted molar refractivity (Wildman–Crippen MR) is 77.2 cm³/mol. The van der Waals surface area contributed by atoms with Gasteiger partial charge in [-0.15, -0.1) is 0 Å². The Hall–Kier alpha value is -1.06. The van der Waals surface area contributed by atoms with Gasteiger partial charge < -0.3 is 10.0 Å². The van der Waals surface area contributed by atoms with Gasteiger partial charge in [0.1, 0.15) is 0 Å². The second-order valence-corrected chi connectivity index (χ2v) is 7.07. The summed E-state index contributed by atoms with van der Waals surface area (Å²) in [7, 11) is 0. The van der Waals surface area contributed by atoms with Gasteiger partial charge in [0.05, 0.1) is 11.8 Å². The maximum Gasteiger partial charge on any atom is 0.307 e. The van der Waals surface area contributed by atoms with Gasteiger partial charge in [-0.1, -0.05) is 20.8 Å². The molecule has 2 fully saturated rings. The molecular weight excluding hydrogens is 254 g/mol. The van der Waals surface area contributed by atoms with Gasteiger partial charge >= 0.3 is 5.97 Å². The van der Waals surface area contributed by atoms with Crippen molar-refractivity contribution in [1.82, 2.24) is 4.90 Å². The molecule has 0 aliphatic heterocycles. The van der Waals surface area contributed by atoms with Crippen LogP contribution in [0.3, 0.4) is 0 Å². The summed E-state index contributed by atoms with van der Waals surface area (Å²) in [6.07, 6.45) is 4.56. The van der Waals surface area contributed by atoms with Gasteiger partial charge in [0.2, 0.25) is 5.91 Å². The van der Waals surface area contributed by atoms with E-state index in [0.29, 0.717) is 24.3 Å². The zero-order chi connectivity index (χ0) is 14.9. The van der Waals surface area contributed by atoms with E-state index in [1.165, 1.54) is 0 Å². The zero-order valence-electron chi connectivity index (χ0n) is 12.8. The number of aliphatic carboxylic acids is 1. The third kappa shape index (κ3) is 3.53.